The maximum absolute atomic E-state index is 12.1. The van der Waals surface area contributed by atoms with Gasteiger partial charge in [-0.3, -0.25) is 0 Å². The Hall–Kier alpha value is -0.130. The lowest BCUT2D eigenvalue weighted by molar-refractivity contribution is 0.441. The van der Waals surface area contributed by atoms with E-state index in [9.17, 15) is 8.42 Å². The van der Waals surface area contributed by atoms with Crippen LogP contribution in [-0.2, 0) is 10.0 Å². The van der Waals surface area contributed by atoms with Crippen molar-refractivity contribution < 1.29 is 8.42 Å². The van der Waals surface area contributed by atoms with Crippen molar-refractivity contribution in [3.8, 4) is 0 Å². The summed E-state index contributed by atoms with van der Waals surface area (Å²) in [4.78, 5) is 0. The zero-order chi connectivity index (χ0) is 14.9. The molecule has 0 heterocycles. The Kier molecular flexibility index (Phi) is 9.66. The number of rotatable bonds is 11. The molecule has 0 fully saturated rings. The van der Waals surface area contributed by atoms with Crippen LogP contribution in [0.5, 0.6) is 0 Å². The lowest BCUT2D eigenvalue weighted by Gasteiger charge is -2.19. The van der Waals surface area contributed by atoms with Gasteiger partial charge in [-0.2, -0.15) is 0 Å². The van der Waals surface area contributed by atoms with E-state index in [1.807, 2.05) is 13.8 Å². The summed E-state index contributed by atoms with van der Waals surface area (Å²) in [7, 11) is -3.20. The molecule has 5 heteroatoms. The third kappa shape index (κ3) is 8.60. The Morgan fingerprint density at radius 3 is 2.16 bits per heavy atom. The summed E-state index contributed by atoms with van der Waals surface area (Å²) in [5.74, 6) is 0.458. The molecule has 116 valence electrons. The highest BCUT2D eigenvalue weighted by atomic mass is 32.2. The van der Waals surface area contributed by atoms with E-state index in [-0.39, 0.29) is 0 Å². The molecule has 0 rings (SSSR count). The third-order valence-electron chi connectivity index (χ3n) is 3.46. The monoisotopic (exact) mass is 292 g/mol. The fraction of sp³-hybridized carbons (Fsp3) is 1.00. The molecule has 0 aromatic rings. The van der Waals surface area contributed by atoms with Crippen LogP contribution in [0.3, 0.4) is 0 Å². The first-order valence-electron chi connectivity index (χ1n) is 7.55. The molecule has 0 amide bonds. The molecule has 19 heavy (non-hydrogen) atoms. The zero-order valence-corrected chi connectivity index (χ0v) is 14.0. The van der Waals surface area contributed by atoms with Crippen molar-refractivity contribution >= 4 is 10.0 Å². The first-order chi connectivity index (χ1) is 8.83. The van der Waals surface area contributed by atoms with Gasteiger partial charge in [-0.05, 0) is 19.3 Å². The van der Waals surface area contributed by atoms with Crippen LogP contribution in [0.2, 0.25) is 0 Å². The highest BCUT2D eigenvalue weighted by Crippen LogP contribution is 2.12. The molecule has 0 aliphatic carbocycles. The van der Waals surface area contributed by atoms with Crippen molar-refractivity contribution in [2.75, 3.05) is 13.1 Å². The molecule has 4 nitrogen and oxygen atoms in total. The van der Waals surface area contributed by atoms with Gasteiger partial charge in [0.2, 0.25) is 10.0 Å². The van der Waals surface area contributed by atoms with Crippen LogP contribution in [-0.4, -0.2) is 32.8 Å². The van der Waals surface area contributed by atoms with Gasteiger partial charge in [0.15, 0.2) is 0 Å². The molecule has 0 radical (unpaired) electrons. The molecule has 0 aromatic heterocycles. The van der Waals surface area contributed by atoms with Crippen LogP contribution in [0.25, 0.3) is 0 Å². The lowest BCUT2D eigenvalue weighted by Crippen LogP contribution is -2.42. The van der Waals surface area contributed by atoms with Gasteiger partial charge in [-0.25, -0.2) is 13.1 Å². The molecular weight excluding hydrogens is 260 g/mol. The van der Waals surface area contributed by atoms with Crippen LogP contribution < -0.4 is 10.0 Å². The zero-order valence-electron chi connectivity index (χ0n) is 13.2. The minimum Gasteiger partial charge on any atom is -0.313 e. The molecule has 0 saturated heterocycles. The van der Waals surface area contributed by atoms with E-state index < -0.39 is 15.3 Å². The molecule has 2 atom stereocenters. The van der Waals surface area contributed by atoms with Crippen molar-refractivity contribution in [2.24, 2.45) is 5.92 Å². The minimum atomic E-state index is -3.20. The first-order valence-corrected chi connectivity index (χ1v) is 9.09. The smallest absolute Gasteiger partial charge is 0.215 e. The van der Waals surface area contributed by atoms with E-state index in [1.165, 1.54) is 6.42 Å². The molecule has 0 saturated carbocycles. The maximum Gasteiger partial charge on any atom is 0.215 e. The Bertz CT molecular complexity index is 315. The number of hydrogen-bond donors (Lipinski definition) is 2. The van der Waals surface area contributed by atoms with E-state index in [1.54, 1.807) is 6.92 Å². The molecule has 0 aromatic carbocycles. The average Bonchev–Trinajstić information content (AvgIpc) is 2.36. The Balaban J connectivity index is 4.19. The number of nitrogens with one attached hydrogen (secondary N) is 2. The molecular formula is C14H32N2O2S. The summed E-state index contributed by atoms with van der Waals surface area (Å²) in [5.41, 5.74) is 0. The summed E-state index contributed by atoms with van der Waals surface area (Å²) < 4.78 is 26.9. The molecule has 0 aliphatic rings. The lowest BCUT2D eigenvalue weighted by atomic mass is 10.00. The largest absolute Gasteiger partial charge is 0.313 e. The van der Waals surface area contributed by atoms with Crippen LogP contribution >= 0.6 is 0 Å². The second-order valence-electron chi connectivity index (χ2n) is 5.68. The molecule has 0 bridgehead atoms. The molecule has 0 aliphatic heterocycles. The van der Waals surface area contributed by atoms with Crippen LogP contribution in [0.4, 0.5) is 0 Å². The van der Waals surface area contributed by atoms with Gasteiger partial charge in [0.05, 0.1) is 5.25 Å². The fourth-order valence-electron chi connectivity index (χ4n) is 1.83. The molecule has 2 N–H and O–H groups in total. The van der Waals surface area contributed by atoms with E-state index >= 15 is 0 Å². The first kappa shape index (κ1) is 18.9. The predicted octanol–water partition coefficient (Wildman–Crippen LogP) is 2.51. The van der Waals surface area contributed by atoms with E-state index in [0.29, 0.717) is 25.0 Å². The average molecular weight is 292 g/mol. The van der Waals surface area contributed by atoms with Crippen molar-refractivity contribution in [2.45, 2.75) is 71.6 Å². The van der Waals surface area contributed by atoms with E-state index in [2.05, 4.69) is 23.9 Å². The third-order valence-corrected chi connectivity index (χ3v) is 5.25. The van der Waals surface area contributed by atoms with E-state index in [4.69, 9.17) is 0 Å². The van der Waals surface area contributed by atoms with Crippen molar-refractivity contribution in [1.82, 2.24) is 10.0 Å². The topological polar surface area (TPSA) is 58.2 Å². The summed E-state index contributed by atoms with van der Waals surface area (Å²) in [6, 6.07) is 0.311. The number of sulfonamides is 1. The maximum atomic E-state index is 12.1. The normalized spacial score (nSPS) is 15.7. The summed E-state index contributed by atoms with van der Waals surface area (Å²) in [5, 5.41) is 2.78. The summed E-state index contributed by atoms with van der Waals surface area (Å²) >= 11 is 0. The van der Waals surface area contributed by atoms with Crippen molar-refractivity contribution in [1.29, 1.82) is 0 Å². The van der Waals surface area contributed by atoms with Gasteiger partial charge >= 0.3 is 0 Å². The number of unbranched alkanes of at least 4 members (excludes halogenated alkanes) is 1. The van der Waals surface area contributed by atoms with Crippen LogP contribution in [0.1, 0.15) is 60.3 Å². The van der Waals surface area contributed by atoms with Crippen LogP contribution in [0.15, 0.2) is 0 Å². The standard InChI is InChI=1S/C14H32N2O2S/c1-6-8-9-14(7-2)11-16-19(17,18)13(5)10-15-12(3)4/h12-16H,6-11H2,1-5H3. The molecule has 2 unspecified atom stereocenters. The van der Waals surface area contributed by atoms with Gasteiger partial charge < -0.3 is 5.32 Å². The van der Waals surface area contributed by atoms with Gasteiger partial charge in [-0.15, -0.1) is 0 Å². The Labute approximate surface area is 119 Å². The Morgan fingerprint density at radius 1 is 1.05 bits per heavy atom. The van der Waals surface area contributed by atoms with Gasteiger partial charge in [0.25, 0.3) is 0 Å². The SMILES string of the molecule is CCCCC(CC)CNS(=O)(=O)C(C)CNC(C)C. The highest BCUT2D eigenvalue weighted by molar-refractivity contribution is 7.90. The quantitative estimate of drug-likeness (QED) is 0.615. The predicted molar refractivity (Wildman–Crippen MR) is 82.8 cm³/mol. The number of hydrogen-bond acceptors (Lipinski definition) is 3. The van der Waals surface area contributed by atoms with Crippen molar-refractivity contribution in [3.63, 3.8) is 0 Å². The Morgan fingerprint density at radius 2 is 1.68 bits per heavy atom. The molecule has 0 spiro atoms. The van der Waals surface area contributed by atoms with Gasteiger partial charge in [0, 0.05) is 19.1 Å². The fourth-order valence-corrected chi connectivity index (χ4v) is 2.90. The van der Waals surface area contributed by atoms with Gasteiger partial charge in [-0.1, -0.05) is 47.0 Å². The van der Waals surface area contributed by atoms with Crippen LogP contribution in [0, 0.1) is 5.92 Å². The second-order valence-corrected chi connectivity index (χ2v) is 7.87. The van der Waals surface area contributed by atoms with Crippen molar-refractivity contribution in [3.05, 3.63) is 0 Å². The summed E-state index contributed by atoms with van der Waals surface area (Å²) in [6.07, 6.45) is 4.47. The van der Waals surface area contributed by atoms with E-state index in [0.717, 1.165) is 19.3 Å². The second kappa shape index (κ2) is 9.72. The highest BCUT2D eigenvalue weighted by Gasteiger charge is 2.21. The van der Waals surface area contributed by atoms with Gasteiger partial charge in [0.1, 0.15) is 0 Å². The summed E-state index contributed by atoms with van der Waals surface area (Å²) in [6.45, 7) is 11.2. The minimum absolute atomic E-state index is 0.311.